The van der Waals surface area contributed by atoms with Gasteiger partial charge < -0.3 is 10.2 Å². The zero-order valence-corrected chi connectivity index (χ0v) is 11.4. The van der Waals surface area contributed by atoms with Crippen molar-refractivity contribution < 1.29 is 9.18 Å². The van der Waals surface area contributed by atoms with Crippen molar-refractivity contribution in [3.05, 3.63) is 35.6 Å². The Labute approximate surface area is 113 Å². The Morgan fingerprint density at radius 3 is 2.68 bits per heavy atom. The van der Waals surface area contributed by atoms with Crippen LogP contribution >= 0.6 is 0 Å². The molecule has 1 heterocycles. The van der Waals surface area contributed by atoms with E-state index in [4.69, 9.17) is 0 Å². The topological polar surface area (TPSA) is 32.3 Å². The summed E-state index contributed by atoms with van der Waals surface area (Å²) in [6.45, 7) is 4.60. The summed E-state index contributed by atoms with van der Waals surface area (Å²) in [7, 11) is 0. The minimum Gasteiger partial charge on any atom is -0.342 e. The van der Waals surface area contributed by atoms with E-state index >= 15 is 0 Å². The zero-order chi connectivity index (χ0) is 13.7. The van der Waals surface area contributed by atoms with Gasteiger partial charge in [0.05, 0.1) is 6.42 Å². The van der Waals surface area contributed by atoms with E-state index in [-0.39, 0.29) is 18.1 Å². The lowest BCUT2D eigenvalue weighted by molar-refractivity contribution is -0.131. The molecule has 0 aliphatic carbocycles. The molecule has 0 saturated carbocycles. The standard InChI is InChI=1S/C15H21FN2O/c1-2-17-13-7-9-18(10-8-13)15(19)11-12-5-3-4-6-14(12)16/h3-6,13,17H,2,7-11H2,1H3. The Morgan fingerprint density at radius 2 is 2.05 bits per heavy atom. The van der Waals surface area contributed by atoms with E-state index < -0.39 is 0 Å². The number of likely N-dealkylation sites (tertiary alicyclic amines) is 1. The van der Waals surface area contributed by atoms with Gasteiger partial charge in [0, 0.05) is 19.1 Å². The van der Waals surface area contributed by atoms with Crippen LogP contribution in [0.1, 0.15) is 25.3 Å². The molecule has 0 bridgehead atoms. The molecule has 3 nitrogen and oxygen atoms in total. The smallest absolute Gasteiger partial charge is 0.227 e. The summed E-state index contributed by atoms with van der Waals surface area (Å²) < 4.78 is 13.5. The number of nitrogens with zero attached hydrogens (tertiary/aromatic N) is 1. The molecule has 1 aromatic carbocycles. The molecular weight excluding hydrogens is 243 g/mol. The first-order chi connectivity index (χ1) is 9.20. The van der Waals surface area contributed by atoms with E-state index in [1.807, 2.05) is 4.90 Å². The van der Waals surface area contributed by atoms with Gasteiger partial charge in [0.2, 0.25) is 5.91 Å². The Bertz CT molecular complexity index is 428. The van der Waals surface area contributed by atoms with Crippen LogP contribution in [0.4, 0.5) is 4.39 Å². The zero-order valence-electron chi connectivity index (χ0n) is 11.4. The molecule has 1 amide bonds. The molecule has 0 spiro atoms. The van der Waals surface area contributed by atoms with Crippen LogP contribution in [0.5, 0.6) is 0 Å². The maximum atomic E-state index is 13.5. The number of carbonyl (C=O) groups is 1. The second-order valence-electron chi connectivity index (χ2n) is 4.98. The van der Waals surface area contributed by atoms with Gasteiger partial charge in [-0.05, 0) is 31.0 Å². The van der Waals surface area contributed by atoms with Crippen LogP contribution in [0.3, 0.4) is 0 Å². The summed E-state index contributed by atoms with van der Waals surface area (Å²) >= 11 is 0. The fraction of sp³-hybridized carbons (Fsp3) is 0.533. The molecule has 0 atom stereocenters. The summed E-state index contributed by atoms with van der Waals surface area (Å²) in [6, 6.07) is 7.01. The number of hydrogen-bond donors (Lipinski definition) is 1. The monoisotopic (exact) mass is 264 g/mol. The largest absolute Gasteiger partial charge is 0.342 e. The predicted octanol–water partition coefficient (Wildman–Crippen LogP) is 1.97. The van der Waals surface area contributed by atoms with Crippen LogP contribution in [0.15, 0.2) is 24.3 Å². The first kappa shape index (κ1) is 14.0. The lowest BCUT2D eigenvalue weighted by Gasteiger charge is -2.32. The van der Waals surface area contributed by atoms with Crippen LogP contribution in [0.2, 0.25) is 0 Å². The van der Waals surface area contributed by atoms with Crippen molar-refractivity contribution in [3.63, 3.8) is 0 Å². The minimum absolute atomic E-state index is 0.0278. The van der Waals surface area contributed by atoms with E-state index in [2.05, 4.69) is 12.2 Å². The van der Waals surface area contributed by atoms with Gasteiger partial charge in [-0.3, -0.25) is 4.79 Å². The highest BCUT2D eigenvalue weighted by atomic mass is 19.1. The highest BCUT2D eigenvalue weighted by Crippen LogP contribution is 2.14. The average Bonchev–Trinajstić information content (AvgIpc) is 2.42. The third kappa shape index (κ3) is 3.77. The van der Waals surface area contributed by atoms with Crippen LogP contribution in [0, 0.1) is 5.82 Å². The number of rotatable bonds is 4. The van der Waals surface area contributed by atoms with Crippen LogP contribution in [-0.4, -0.2) is 36.5 Å². The average molecular weight is 264 g/mol. The minimum atomic E-state index is -0.293. The molecule has 4 heteroatoms. The van der Waals surface area contributed by atoms with Crippen molar-refractivity contribution in [3.8, 4) is 0 Å². The Hall–Kier alpha value is -1.42. The Morgan fingerprint density at radius 1 is 1.37 bits per heavy atom. The third-order valence-corrected chi connectivity index (χ3v) is 3.64. The van der Waals surface area contributed by atoms with E-state index in [1.165, 1.54) is 6.07 Å². The summed E-state index contributed by atoms with van der Waals surface area (Å²) in [6.07, 6.45) is 2.13. The molecular formula is C15H21FN2O. The predicted molar refractivity (Wildman–Crippen MR) is 73.4 cm³/mol. The molecule has 1 aliphatic rings. The quantitative estimate of drug-likeness (QED) is 0.901. The van der Waals surface area contributed by atoms with E-state index in [0.717, 1.165) is 32.5 Å². The van der Waals surface area contributed by atoms with Crippen LogP contribution in [-0.2, 0) is 11.2 Å². The number of nitrogens with one attached hydrogen (secondary N) is 1. The maximum Gasteiger partial charge on any atom is 0.227 e. The van der Waals surface area contributed by atoms with Crippen molar-refractivity contribution in [1.82, 2.24) is 10.2 Å². The van der Waals surface area contributed by atoms with Crippen molar-refractivity contribution in [2.75, 3.05) is 19.6 Å². The first-order valence-electron chi connectivity index (χ1n) is 6.95. The lowest BCUT2D eigenvalue weighted by Crippen LogP contribution is -2.45. The van der Waals surface area contributed by atoms with Gasteiger partial charge in [-0.2, -0.15) is 0 Å². The molecule has 1 fully saturated rings. The summed E-state index contributed by atoms with van der Waals surface area (Å²) in [4.78, 5) is 14.0. The van der Waals surface area contributed by atoms with Gasteiger partial charge in [0.25, 0.3) is 0 Å². The maximum absolute atomic E-state index is 13.5. The number of benzene rings is 1. The number of halogens is 1. The molecule has 1 aromatic rings. The second kappa shape index (κ2) is 6.66. The SMILES string of the molecule is CCNC1CCN(C(=O)Cc2ccccc2F)CC1. The van der Waals surface area contributed by atoms with Gasteiger partial charge in [-0.1, -0.05) is 25.1 Å². The molecule has 1 N–H and O–H groups in total. The number of amides is 1. The highest BCUT2D eigenvalue weighted by molar-refractivity contribution is 5.78. The number of carbonyl (C=O) groups excluding carboxylic acids is 1. The fourth-order valence-electron chi connectivity index (χ4n) is 2.54. The highest BCUT2D eigenvalue weighted by Gasteiger charge is 2.22. The summed E-state index contributed by atoms with van der Waals surface area (Å²) in [5, 5.41) is 3.40. The van der Waals surface area contributed by atoms with Gasteiger partial charge in [-0.25, -0.2) is 4.39 Å². The molecule has 2 rings (SSSR count). The van der Waals surface area contributed by atoms with E-state index in [1.54, 1.807) is 18.2 Å². The Balaban J connectivity index is 1.87. The molecule has 0 aromatic heterocycles. The number of piperidine rings is 1. The summed E-state index contributed by atoms with van der Waals surface area (Å²) in [5.41, 5.74) is 0.487. The third-order valence-electron chi connectivity index (χ3n) is 3.64. The van der Waals surface area contributed by atoms with Crippen LogP contribution < -0.4 is 5.32 Å². The van der Waals surface area contributed by atoms with Gasteiger partial charge in [-0.15, -0.1) is 0 Å². The normalized spacial score (nSPS) is 16.6. The van der Waals surface area contributed by atoms with Gasteiger partial charge >= 0.3 is 0 Å². The molecule has 0 unspecified atom stereocenters. The van der Waals surface area contributed by atoms with Crippen molar-refractivity contribution in [2.45, 2.75) is 32.2 Å². The van der Waals surface area contributed by atoms with Gasteiger partial charge in [0.1, 0.15) is 5.82 Å². The first-order valence-corrected chi connectivity index (χ1v) is 6.95. The van der Waals surface area contributed by atoms with Crippen molar-refractivity contribution >= 4 is 5.91 Å². The fourth-order valence-corrected chi connectivity index (χ4v) is 2.54. The second-order valence-corrected chi connectivity index (χ2v) is 4.98. The molecule has 1 saturated heterocycles. The number of hydrogen-bond acceptors (Lipinski definition) is 2. The molecule has 1 aliphatic heterocycles. The van der Waals surface area contributed by atoms with Crippen molar-refractivity contribution in [1.29, 1.82) is 0 Å². The van der Waals surface area contributed by atoms with Crippen LogP contribution in [0.25, 0.3) is 0 Å². The van der Waals surface area contributed by atoms with E-state index in [9.17, 15) is 9.18 Å². The summed E-state index contributed by atoms with van der Waals surface area (Å²) in [5.74, 6) is -0.265. The van der Waals surface area contributed by atoms with Crippen molar-refractivity contribution in [2.24, 2.45) is 0 Å². The van der Waals surface area contributed by atoms with Gasteiger partial charge in [0.15, 0.2) is 0 Å². The molecule has 19 heavy (non-hydrogen) atoms. The molecule has 0 radical (unpaired) electrons. The lowest BCUT2D eigenvalue weighted by atomic mass is 10.0. The Kier molecular flexibility index (Phi) is 4.91. The molecule has 104 valence electrons. The van der Waals surface area contributed by atoms with E-state index in [0.29, 0.717) is 11.6 Å².